The van der Waals surface area contributed by atoms with Gasteiger partial charge in [-0.3, -0.25) is 10.2 Å². The van der Waals surface area contributed by atoms with E-state index in [4.69, 9.17) is 5.84 Å². The van der Waals surface area contributed by atoms with Gasteiger partial charge in [0.05, 0.1) is 6.10 Å². The molecule has 0 fully saturated rings. The number of hydrogen-bond acceptors (Lipinski definition) is 4. The van der Waals surface area contributed by atoms with Crippen LogP contribution in [0.4, 0.5) is 0 Å². The number of hydrogen-bond donors (Lipinski definition) is 3. The predicted molar refractivity (Wildman–Crippen MR) is 95.3 cm³/mol. The summed E-state index contributed by atoms with van der Waals surface area (Å²) >= 11 is 0. The van der Waals surface area contributed by atoms with Gasteiger partial charge in [-0.25, -0.2) is 5.84 Å². The van der Waals surface area contributed by atoms with Crippen molar-refractivity contribution in [2.24, 2.45) is 5.84 Å². The van der Waals surface area contributed by atoms with Crippen molar-refractivity contribution in [3.63, 3.8) is 0 Å². The largest absolute Gasteiger partial charge is 0.387 e. The van der Waals surface area contributed by atoms with Gasteiger partial charge in [-0.05, 0) is 49.7 Å². The molecule has 2 aromatic carbocycles. The molecule has 0 bridgehead atoms. The van der Waals surface area contributed by atoms with Crippen LogP contribution >= 0.6 is 0 Å². The second-order valence-corrected chi connectivity index (χ2v) is 5.96. The van der Waals surface area contributed by atoms with Crippen LogP contribution in [-0.2, 0) is 6.42 Å². The van der Waals surface area contributed by atoms with Crippen LogP contribution < -0.4 is 11.3 Å². The van der Waals surface area contributed by atoms with E-state index in [-0.39, 0.29) is 5.91 Å². The standard InChI is InChI=1S/C19H25N3O2/c1-22(14-18(23)16-7-3-2-4-8-16)13-5-6-15-9-11-17(12-10-15)19(24)21-20/h2-4,7-12,18,23H,5-6,13-14,20H2,1H3,(H,21,24)/t18-/m1/s1. The van der Waals surface area contributed by atoms with Crippen LogP contribution in [0.15, 0.2) is 54.6 Å². The van der Waals surface area contributed by atoms with Gasteiger partial charge >= 0.3 is 0 Å². The van der Waals surface area contributed by atoms with Crippen LogP contribution in [0, 0.1) is 0 Å². The molecule has 0 unspecified atom stereocenters. The molecule has 2 rings (SSSR count). The van der Waals surface area contributed by atoms with Gasteiger partial charge in [0.25, 0.3) is 5.91 Å². The zero-order valence-corrected chi connectivity index (χ0v) is 14.0. The van der Waals surface area contributed by atoms with Crippen molar-refractivity contribution in [1.29, 1.82) is 0 Å². The van der Waals surface area contributed by atoms with Crippen molar-refractivity contribution in [2.75, 3.05) is 20.1 Å². The normalized spacial score (nSPS) is 12.2. The fraction of sp³-hybridized carbons (Fsp3) is 0.316. The minimum atomic E-state index is -0.467. The highest BCUT2D eigenvalue weighted by Gasteiger charge is 2.10. The number of nitrogen functional groups attached to an aromatic ring is 1. The Labute approximate surface area is 143 Å². The Kier molecular flexibility index (Phi) is 6.93. The first-order valence-corrected chi connectivity index (χ1v) is 8.11. The number of carbonyl (C=O) groups excluding carboxylic acids is 1. The minimum Gasteiger partial charge on any atom is -0.387 e. The quantitative estimate of drug-likeness (QED) is 0.393. The average molecular weight is 327 g/mol. The highest BCUT2D eigenvalue weighted by atomic mass is 16.3. The number of nitrogens with one attached hydrogen (secondary N) is 1. The molecule has 0 spiro atoms. The van der Waals surface area contributed by atoms with Gasteiger partial charge in [0, 0.05) is 12.1 Å². The van der Waals surface area contributed by atoms with E-state index in [1.807, 2.05) is 49.5 Å². The number of aliphatic hydroxyl groups excluding tert-OH is 1. The SMILES string of the molecule is CN(CCCc1ccc(C(=O)NN)cc1)C[C@@H](O)c1ccccc1. The van der Waals surface area contributed by atoms with Crippen LogP contribution in [0.25, 0.3) is 0 Å². The first-order chi connectivity index (χ1) is 11.6. The lowest BCUT2D eigenvalue weighted by Gasteiger charge is -2.20. The van der Waals surface area contributed by atoms with Gasteiger partial charge in [-0.1, -0.05) is 42.5 Å². The Morgan fingerprint density at radius 2 is 1.83 bits per heavy atom. The summed E-state index contributed by atoms with van der Waals surface area (Å²) in [4.78, 5) is 13.5. The third-order valence-corrected chi connectivity index (χ3v) is 4.02. The monoisotopic (exact) mass is 327 g/mol. The Balaban J connectivity index is 1.74. The number of likely N-dealkylation sites (N-methyl/N-ethyl adjacent to an activating group) is 1. The number of hydrazine groups is 1. The Morgan fingerprint density at radius 1 is 1.17 bits per heavy atom. The Bertz CT molecular complexity index is 629. The molecule has 0 aliphatic heterocycles. The molecule has 0 aliphatic carbocycles. The molecule has 1 amide bonds. The molecule has 0 heterocycles. The molecule has 0 saturated heterocycles. The number of nitrogens with zero attached hydrogens (tertiary/aromatic N) is 1. The number of aliphatic hydroxyl groups is 1. The lowest BCUT2D eigenvalue weighted by atomic mass is 10.1. The lowest BCUT2D eigenvalue weighted by molar-refractivity contribution is 0.0953. The second-order valence-electron chi connectivity index (χ2n) is 5.96. The number of benzene rings is 2. The molecule has 5 nitrogen and oxygen atoms in total. The van der Waals surface area contributed by atoms with Crippen LogP contribution in [0.5, 0.6) is 0 Å². The van der Waals surface area contributed by atoms with Gasteiger partial charge in [0.1, 0.15) is 0 Å². The molecule has 0 aliphatic rings. The number of amides is 1. The molecule has 2 aromatic rings. The van der Waals surface area contributed by atoms with E-state index < -0.39 is 6.10 Å². The first kappa shape index (κ1) is 18.1. The molecule has 4 N–H and O–H groups in total. The summed E-state index contributed by atoms with van der Waals surface area (Å²) in [5, 5.41) is 10.2. The zero-order chi connectivity index (χ0) is 17.4. The van der Waals surface area contributed by atoms with E-state index in [1.54, 1.807) is 12.1 Å². The van der Waals surface area contributed by atoms with Crippen molar-refractivity contribution in [3.05, 3.63) is 71.3 Å². The van der Waals surface area contributed by atoms with Crippen LogP contribution in [0.2, 0.25) is 0 Å². The van der Waals surface area contributed by atoms with Gasteiger partial charge in [0.15, 0.2) is 0 Å². The molecule has 1 atom stereocenters. The Hall–Kier alpha value is -2.21. The van der Waals surface area contributed by atoms with Crippen LogP contribution in [-0.4, -0.2) is 36.1 Å². The summed E-state index contributed by atoms with van der Waals surface area (Å²) in [7, 11) is 2.01. The average Bonchev–Trinajstić information content (AvgIpc) is 2.62. The van der Waals surface area contributed by atoms with Crippen molar-refractivity contribution < 1.29 is 9.90 Å². The molecule has 0 aromatic heterocycles. The lowest BCUT2D eigenvalue weighted by Crippen LogP contribution is -2.29. The van der Waals surface area contributed by atoms with Gasteiger partial charge in [-0.15, -0.1) is 0 Å². The molecule has 24 heavy (non-hydrogen) atoms. The van der Waals surface area contributed by atoms with Crippen molar-refractivity contribution in [1.82, 2.24) is 10.3 Å². The maximum atomic E-state index is 11.4. The fourth-order valence-corrected chi connectivity index (χ4v) is 2.63. The third-order valence-electron chi connectivity index (χ3n) is 4.02. The van der Waals surface area contributed by atoms with Crippen LogP contribution in [0.3, 0.4) is 0 Å². The van der Waals surface area contributed by atoms with Gasteiger partial charge in [-0.2, -0.15) is 0 Å². The van der Waals surface area contributed by atoms with E-state index in [0.717, 1.165) is 24.9 Å². The number of rotatable bonds is 8. The number of nitrogens with two attached hydrogens (primary N) is 1. The maximum absolute atomic E-state index is 11.4. The summed E-state index contributed by atoms with van der Waals surface area (Å²) in [6, 6.07) is 17.2. The predicted octanol–water partition coefficient (Wildman–Crippen LogP) is 1.89. The molecule has 0 radical (unpaired) electrons. The van der Waals surface area contributed by atoms with Crippen LogP contribution in [0.1, 0.15) is 34.0 Å². The minimum absolute atomic E-state index is 0.281. The van der Waals surface area contributed by atoms with E-state index in [9.17, 15) is 9.90 Å². The molecule has 5 heteroatoms. The molecular formula is C19H25N3O2. The summed E-state index contributed by atoms with van der Waals surface area (Å²) < 4.78 is 0. The smallest absolute Gasteiger partial charge is 0.265 e. The summed E-state index contributed by atoms with van der Waals surface area (Å²) in [6.45, 7) is 1.51. The van der Waals surface area contributed by atoms with Gasteiger partial charge in [0.2, 0.25) is 0 Å². The topological polar surface area (TPSA) is 78.6 Å². The summed E-state index contributed by atoms with van der Waals surface area (Å²) in [5.41, 5.74) is 4.80. The highest BCUT2D eigenvalue weighted by Crippen LogP contribution is 2.13. The second kappa shape index (κ2) is 9.17. The molecular weight excluding hydrogens is 302 g/mol. The van der Waals surface area contributed by atoms with E-state index in [2.05, 4.69) is 10.3 Å². The fourth-order valence-electron chi connectivity index (χ4n) is 2.63. The Morgan fingerprint density at radius 3 is 2.46 bits per heavy atom. The van der Waals surface area contributed by atoms with E-state index in [0.29, 0.717) is 12.1 Å². The summed E-state index contributed by atoms with van der Waals surface area (Å²) in [6.07, 6.45) is 1.45. The first-order valence-electron chi connectivity index (χ1n) is 8.11. The zero-order valence-electron chi connectivity index (χ0n) is 14.0. The van der Waals surface area contributed by atoms with E-state index in [1.165, 1.54) is 5.56 Å². The van der Waals surface area contributed by atoms with Crippen molar-refractivity contribution in [2.45, 2.75) is 18.9 Å². The third kappa shape index (κ3) is 5.45. The number of aryl methyl sites for hydroxylation is 1. The summed E-state index contributed by atoms with van der Waals surface area (Å²) in [5.74, 6) is 4.83. The van der Waals surface area contributed by atoms with Gasteiger partial charge < -0.3 is 10.0 Å². The van der Waals surface area contributed by atoms with Crippen molar-refractivity contribution in [3.8, 4) is 0 Å². The molecule has 0 saturated carbocycles. The number of carbonyl (C=O) groups is 1. The molecule has 128 valence electrons. The highest BCUT2D eigenvalue weighted by molar-refractivity contribution is 5.93. The van der Waals surface area contributed by atoms with E-state index >= 15 is 0 Å². The van der Waals surface area contributed by atoms with Crippen molar-refractivity contribution >= 4 is 5.91 Å². The maximum Gasteiger partial charge on any atom is 0.265 e.